The molecule has 1 aliphatic heterocycles. The third-order valence-corrected chi connectivity index (χ3v) is 3.30. The van der Waals surface area contributed by atoms with Crippen molar-refractivity contribution in [3.05, 3.63) is 0 Å². The fourth-order valence-electron chi connectivity index (χ4n) is 2.08. The third-order valence-electron chi connectivity index (χ3n) is 3.08. The largest absolute Gasteiger partial charge is 0.481 e. The maximum Gasteiger partial charge on any atom is 0.303 e. The van der Waals surface area contributed by atoms with Gasteiger partial charge in [-0.1, -0.05) is 6.42 Å². The van der Waals surface area contributed by atoms with Crippen molar-refractivity contribution in [2.24, 2.45) is 0 Å². The smallest absolute Gasteiger partial charge is 0.303 e. The Morgan fingerprint density at radius 3 is 2.83 bits per heavy atom. The predicted molar refractivity (Wildman–Crippen MR) is 69.9 cm³/mol. The molecule has 0 radical (unpaired) electrons. The Balaban J connectivity index is 2.18. The van der Waals surface area contributed by atoms with Crippen LogP contribution in [0, 0.1) is 0 Å². The minimum Gasteiger partial charge on any atom is -0.481 e. The van der Waals surface area contributed by atoms with E-state index in [0.717, 1.165) is 45.1 Å². The second-order valence-corrected chi connectivity index (χ2v) is 5.05. The molecule has 0 unspecified atom stereocenters. The quantitative estimate of drug-likeness (QED) is 0.520. The third kappa shape index (κ3) is 7.19. The second kappa shape index (κ2) is 9.59. The summed E-state index contributed by atoms with van der Waals surface area (Å²) >= 11 is 5.76. The van der Waals surface area contributed by atoms with Crippen LogP contribution in [-0.4, -0.2) is 36.0 Å². The van der Waals surface area contributed by atoms with Gasteiger partial charge in [-0.05, 0) is 38.5 Å². The summed E-state index contributed by atoms with van der Waals surface area (Å²) < 4.78 is 11.4. The van der Waals surface area contributed by atoms with Crippen LogP contribution in [-0.2, 0) is 14.3 Å². The molecule has 1 saturated heterocycles. The van der Waals surface area contributed by atoms with Gasteiger partial charge in [-0.3, -0.25) is 4.79 Å². The molecule has 1 fully saturated rings. The monoisotopic (exact) mass is 278 g/mol. The van der Waals surface area contributed by atoms with E-state index in [2.05, 4.69) is 0 Å². The van der Waals surface area contributed by atoms with E-state index >= 15 is 0 Å². The van der Waals surface area contributed by atoms with Crippen LogP contribution in [0.4, 0.5) is 0 Å². The molecule has 0 aromatic rings. The number of aliphatic carboxylic acids is 1. The van der Waals surface area contributed by atoms with Gasteiger partial charge >= 0.3 is 5.97 Å². The first-order chi connectivity index (χ1) is 8.72. The lowest BCUT2D eigenvalue weighted by Gasteiger charge is -2.27. The van der Waals surface area contributed by atoms with Gasteiger partial charge in [-0.25, -0.2) is 0 Å². The highest BCUT2D eigenvalue weighted by atomic mass is 35.5. The maximum atomic E-state index is 10.4. The molecular weight excluding hydrogens is 256 g/mol. The van der Waals surface area contributed by atoms with E-state index in [4.69, 9.17) is 26.2 Å². The molecule has 0 saturated carbocycles. The molecule has 106 valence electrons. The predicted octanol–water partition coefficient (Wildman–Crippen LogP) is 3.17. The van der Waals surface area contributed by atoms with Gasteiger partial charge < -0.3 is 14.6 Å². The van der Waals surface area contributed by atoms with Crippen LogP contribution in [0.1, 0.15) is 51.4 Å². The Morgan fingerprint density at radius 1 is 1.39 bits per heavy atom. The Morgan fingerprint density at radius 2 is 2.22 bits per heavy atom. The number of carboxylic acid groups (broad SMARTS) is 1. The Labute approximate surface area is 114 Å². The maximum absolute atomic E-state index is 10.4. The highest BCUT2D eigenvalue weighted by molar-refractivity contribution is 6.17. The van der Waals surface area contributed by atoms with Gasteiger partial charge in [0, 0.05) is 18.9 Å². The highest BCUT2D eigenvalue weighted by Gasteiger charge is 2.19. The van der Waals surface area contributed by atoms with Crippen molar-refractivity contribution in [3.8, 4) is 0 Å². The van der Waals surface area contributed by atoms with Crippen molar-refractivity contribution in [1.82, 2.24) is 0 Å². The summed E-state index contributed by atoms with van der Waals surface area (Å²) in [4.78, 5) is 10.4. The number of alkyl halides is 1. The number of carboxylic acids is 1. The summed E-state index contributed by atoms with van der Waals surface area (Å²) in [5.41, 5.74) is 0. The number of halogens is 1. The van der Waals surface area contributed by atoms with E-state index < -0.39 is 5.97 Å². The average Bonchev–Trinajstić information content (AvgIpc) is 2.36. The molecule has 0 aromatic carbocycles. The van der Waals surface area contributed by atoms with E-state index in [1.165, 1.54) is 0 Å². The molecule has 18 heavy (non-hydrogen) atoms. The van der Waals surface area contributed by atoms with E-state index in [1.807, 2.05) is 0 Å². The summed E-state index contributed by atoms with van der Waals surface area (Å²) in [6.45, 7) is 0.775. The normalized spacial score (nSPS) is 21.7. The van der Waals surface area contributed by atoms with E-state index in [0.29, 0.717) is 12.3 Å². The van der Waals surface area contributed by atoms with Crippen molar-refractivity contribution in [2.45, 2.75) is 63.8 Å². The molecule has 5 heteroatoms. The molecule has 1 N–H and O–H groups in total. The lowest BCUT2D eigenvalue weighted by Crippen LogP contribution is -2.28. The van der Waals surface area contributed by atoms with Gasteiger partial charge in [0.2, 0.25) is 0 Å². The minimum atomic E-state index is -0.736. The molecule has 0 amide bonds. The minimum absolute atomic E-state index is 0.0913. The SMILES string of the molecule is O=C(O)CCCC[C@@H](CCCl)O[C@@H]1CCCCO1. The van der Waals surface area contributed by atoms with E-state index in [1.54, 1.807) is 0 Å². The standard InChI is InChI=1S/C13H23ClO4/c14-9-8-11(5-1-2-6-12(15)16)18-13-7-3-4-10-17-13/h11,13H,1-10H2,(H,15,16)/t11-,13+/m0/s1. The summed E-state index contributed by atoms with van der Waals surface area (Å²) in [5.74, 6) is -0.170. The van der Waals surface area contributed by atoms with Gasteiger partial charge in [-0.15, -0.1) is 11.6 Å². The number of hydrogen-bond acceptors (Lipinski definition) is 3. The Hall–Kier alpha value is -0.320. The van der Waals surface area contributed by atoms with Crippen molar-refractivity contribution < 1.29 is 19.4 Å². The molecule has 0 aliphatic carbocycles. The van der Waals surface area contributed by atoms with Crippen LogP contribution in [0.25, 0.3) is 0 Å². The van der Waals surface area contributed by atoms with Crippen molar-refractivity contribution in [2.75, 3.05) is 12.5 Å². The Kier molecular flexibility index (Phi) is 8.38. The topological polar surface area (TPSA) is 55.8 Å². The van der Waals surface area contributed by atoms with Crippen LogP contribution in [0.15, 0.2) is 0 Å². The van der Waals surface area contributed by atoms with Gasteiger partial charge in [0.05, 0.1) is 6.10 Å². The van der Waals surface area contributed by atoms with Crippen LogP contribution < -0.4 is 0 Å². The van der Waals surface area contributed by atoms with Crippen LogP contribution in [0.5, 0.6) is 0 Å². The first-order valence-corrected chi connectivity index (χ1v) is 7.30. The summed E-state index contributed by atoms with van der Waals surface area (Å²) in [6.07, 6.45) is 6.67. The highest BCUT2D eigenvalue weighted by Crippen LogP contribution is 2.19. The second-order valence-electron chi connectivity index (χ2n) is 4.67. The fraction of sp³-hybridized carbons (Fsp3) is 0.923. The van der Waals surface area contributed by atoms with E-state index in [-0.39, 0.29) is 18.8 Å². The van der Waals surface area contributed by atoms with Crippen LogP contribution in [0.2, 0.25) is 0 Å². The molecule has 4 nitrogen and oxygen atoms in total. The van der Waals surface area contributed by atoms with Gasteiger partial charge in [0.1, 0.15) is 0 Å². The molecule has 0 spiro atoms. The zero-order valence-corrected chi connectivity index (χ0v) is 11.5. The lowest BCUT2D eigenvalue weighted by atomic mass is 10.1. The fourth-order valence-corrected chi connectivity index (χ4v) is 2.33. The van der Waals surface area contributed by atoms with Crippen LogP contribution in [0.3, 0.4) is 0 Å². The summed E-state index contributed by atoms with van der Waals surface area (Å²) in [7, 11) is 0. The molecule has 1 aliphatic rings. The number of ether oxygens (including phenoxy) is 2. The zero-order valence-electron chi connectivity index (χ0n) is 10.8. The summed E-state index contributed by atoms with van der Waals surface area (Å²) in [5, 5.41) is 8.57. The first-order valence-electron chi connectivity index (χ1n) is 6.77. The van der Waals surface area contributed by atoms with Crippen molar-refractivity contribution >= 4 is 17.6 Å². The number of unbranched alkanes of at least 4 members (excludes halogenated alkanes) is 1. The van der Waals surface area contributed by atoms with Gasteiger partial charge in [0.25, 0.3) is 0 Å². The lowest BCUT2D eigenvalue weighted by molar-refractivity contribution is -0.189. The Bertz CT molecular complexity index is 229. The number of rotatable bonds is 9. The van der Waals surface area contributed by atoms with Gasteiger partial charge in [0.15, 0.2) is 6.29 Å². The van der Waals surface area contributed by atoms with Crippen molar-refractivity contribution in [3.63, 3.8) is 0 Å². The molecular formula is C13H23ClO4. The number of carbonyl (C=O) groups is 1. The average molecular weight is 279 g/mol. The molecule has 1 heterocycles. The zero-order chi connectivity index (χ0) is 13.2. The molecule has 2 atom stereocenters. The van der Waals surface area contributed by atoms with Gasteiger partial charge in [-0.2, -0.15) is 0 Å². The first kappa shape index (κ1) is 15.7. The number of hydrogen-bond donors (Lipinski definition) is 1. The molecule has 0 bridgehead atoms. The molecule has 0 aromatic heterocycles. The van der Waals surface area contributed by atoms with Crippen molar-refractivity contribution in [1.29, 1.82) is 0 Å². The summed E-state index contributed by atoms with van der Waals surface area (Å²) in [6, 6.07) is 0. The van der Waals surface area contributed by atoms with Crippen LogP contribution >= 0.6 is 11.6 Å². The van der Waals surface area contributed by atoms with E-state index in [9.17, 15) is 4.79 Å². The molecule has 1 rings (SSSR count).